The predicted molar refractivity (Wildman–Crippen MR) is 93.3 cm³/mol. The minimum atomic E-state index is 0.0169. The van der Waals surface area contributed by atoms with Gasteiger partial charge in [-0.3, -0.25) is 9.59 Å². The van der Waals surface area contributed by atoms with Crippen LogP contribution in [0.4, 0.5) is 0 Å². The van der Waals surface area contributed by atoms with E-state index in [1.54, 1.807) is 11.8 Å². The van der Waals surface area contributed by atoms with Crippen molar-refractivity contribution in [3.63, 3.8) is 0 Å². The molecule has 2 heterocycles. The van der Waals surface area contributed by atoms with Gasteiger partial charge in [-0.1, -0.05) is 30.3 Å². The summed E-state index contributed by atoms with van der Waals surface area (Å²) in [5.74, 6) is 0.187. The summed E-state index contributed by atoms with van der Waals surface area (Å²) in [7, 11) is 0. The number of carbonyl (C=O) groups is 2. The molecule has 2 amide bonds. The predicted octanol–water partition coefficient (Wildman–Crippen LogP) is 1.78. The van der Waals surface area contributed by atoms with Crippen LogP contribution >= 0.6 is 0 Å². The average Bonchev–Trinajstić information content (AvgIpc) is 2.90. The minimum absolute atomic E-state index is 0.0169. The Morgan fingerprint density at radius 1 is 1.17 bits per heavy atom. The Morgan fingerprint density at radius 3 is 2.67 bits per heavy atom. The van der Waals surface area contributed by atoms with Gasteiger partial charge in [0.1, 0.15) is 0 Å². The van der Waals surface area contributed by atoms with Crippen LogP contribution in [0.5, 0.6) is 0 Å². The SMILES string of the molecule is CC(=O)N(CCC(=O)N1CCC2CCC(C1)N2)Cc1ccccc1. The van der Waals surface area contributed by atoms with Gasteiger partial charge >= 0.3 is 0 Å². The molecule has 0 aromatic heterocycles. The van der Waals surface area contributed by atoms with E-state index in [2.05, 4.69) is 5.32 Å². The molecule has 0 radical (unpaired) electrons. The number of fused-ring (bicyclic) bond motifs is 2. The summed E-state index contributed by atoms with van der Waals surface area (Å²) in [4.78, 5) is 28.2. The van der Waals surface area contributed by atoms with E-state index in [-0.39, 0.29) is 11.8 Å². The largest absolute Gasteiger partial charge is 0.341 e. The first-order chi connectivity index (χ1) is 11.6. The van der Waals surface area contributed by atoms with Crippen molar-refractivity contribution in [1.82, 2.24) is 15.1 Å². The third kappa shape index (κ3) is 4.35. The number of benzene rings is 1. The molecule has 2 fully saturated rings. The Hall–Kier alpha value is -1.88. The first-order valence-corrected chi connectivity index (χ1v) is 8.95. The quantitative estimate of drug-likeness (QED) is 0.896. The van der Waals surface area contributed by atoms with Crippen LogP contribution in [-0.4, -0.2) is 53.3 Å². The van der Waals surface area contributed by atoms with Crippen molar-refractivity contribution >= 4 is 11.8 Å². The molecule has 1 aromatic rings. The highest BCUT2D eigenvalue weighted by atomic mass is 16.2. The van der Waals surface area contributed by atoms with Gasteiger partial charge in [0.2, 0.25) is 11.8 Å². The van der Waals surface area contributed by atoms with Crippen LogP contribution < -0.4 is 5.32 Å². The fraction of sp³-hybridized carbons (Fsp3) is 0.579. The highest BCUT2D eigenvalue weighted by Crippen LogP contribution is 2.20. The van der Waals surface area contributed by atoms with Crippen LogP contribution in [0.3, 0.4) is 0 Å². The second-order valence-corrected chi connectivity index (χ2v) is 6.94. The van der Waals surface area contributed by atoms with Crippen LogP contribution in [0.1, 0.15) is 38.2 Å². The van der Waals surface area contributed by atoms with Gasteiger partial charge in [-0.05, 0) is 24.8 Å². The fourth-order valence-electron chi connectivity index (χ4n) is 3.71. The van der Waals surface area contributed by atoms with Gasteiger partial charge in [0, 0.05) is 51.6 Å². The lowest BCUT2D eigenvalue weighted by Gasteiger charge is -2.26. The molecule has 5 nitrogen and oxygen atoms in total. The van der Waals surface area contributed by atoms with Crippen molar-refractivity contribution < 1.29 is 9.59 Å². The second-order valence-electron chi connectivity index (χ2n) is 6.94. The van der Waals surface area contributed by atoms with Crippen LogP contribution in [0, 0.1) is 0 Å². The molecular weight excluding hydrogens is 302 g/mol. The van der Waals surface area contributed by atoms with Gasteiger partial charge in [0.15, 0.2) is 0 Å². The highest BCUT2D eigenvalue weighted by molar-refractivity contribution is 5.78. The molecule has 1 N–H and O–H groups in total. The number of hydrogen-bond donors (Lipinski definition) is 1. The number of carbonyl (C=O) groups excluding carboxylic acids is 2. The van der Waals surface area contributed by atoms with Gasteiger partial charge in [-0.25, -0.2) is 0 Å². The molecule has 130 valence electrons. The highest BCUT2D eigenvalue weighted by Gasteiger charge is 2.31. The smallest absolute Gasteiger partial charge is 0.224 e. The van der Waals surface area contributed by atoms with Gasteiger partial charge < -0.3 is 15.1 Å². The fourth-order valence-corrected chi connectivity index (χ4v) is 3.71. The molecule has 0 spiro atoms. The van der Waals surface area contributed by atoms with E-state index in [0.29, 0.717) is 31.6 Å². The zero-order chi connectivity index (χ0) is 16.9. The summed E-state index contributed by atoms with van der Waals surface area (Å²) >= 11 is 0. The molecule has 2 saturated heterocycles. The first-order valence-electron chi connectivity index (χ1n) is 8.95. The zero-order valence-corrected chi connectivity index (χ0v) is 14.4. The summed E-state index contributed by atoms with van der Waals surface area (Å²) in [6.45, 7) is 4.28. The Labute approximate surface area is 144 Å². The van der Waals surface area contributed by atoms with Crippen molar-refractivity contribution in [2.45, 2.75) is 51.2 Å². The van der Waals surface area contributed by atoms with Gasteiger partial charge in [0.25, 0.3) is 0 Å². The van der Waals surface area contributed by atoms with Gasteiger partial charge in [0.05, 0.1) is 0 Å². The summed E-state index contributed by atoms with van der Waals surface area (Å²) < 4.78 is 0. The second kappa shape index (κ2) is 7.79. The van der Waals surface area contributed by atoms with Gasteiger partial charge in [-0.15, -0.1) is 0 Å². The molecule has 0 saturated carbocycles. The maximum atomic E-state index is 12.6. The van der Waals surface area contributed by atoms with Crippen LogP contribution in [-0.2, 0) is 16.1 Å². The number of rotatable bonds is 5. The Kier molecular flexibility index (Phi) is 5.51. The Balaban J connectivity index is 1.52. The van der Waals surface area contributed by atoms with E-state index in [1.807, 2.05) is 35.2 Å². The van der Waals surface area contributed by atoms with E-state index < -0.39 is 0 Å². The van der Waals surface area contributed by atoms with Gasteiger partial charge in [-0.2, -0.15) is 0 Å². The van der Waals surface area contributed by atoms with E-state index in [4.69, 9.17) is 0 Å². The van der Waals surface area contributed by atoms with Crippen molar-refractivity contribution in [3.05, 3.63) is 35.9 Å². The molecule has 2 unspecified atom stereocenters. The number of nitrogens with one attached hydrogen (secondary N) is 1. The normalized spacial score (nSPS) is 23.0. The van der Waals surface area contributed by atoms with E-state index >= 15 is 0 Å². The van der Waals surface area contributed by atoms with Crippen LogP contribution in [0.15, 0.2) is 30.3 Å². The van der Waals surface area contributed by atoms with Crippen molar-refractivity contribution in [2.75, 3.05) is 19.6 Å². The molecule has 3 rings (SSSR count). The third-order valence-electron chi connectivity index (χ3n) is 5.13. The molecule has 5 heteroatoms. The standard InChI is InChI=1S/C19H27N3O2/c1-15(23)21(13-16-5-3-2-4-6-16)12-10-19(24)22-11-9-17-7-8-18(14-22)20-17/h2-6,17-18,20H,7-14H2,1H3. The number of amides is 2. The summed E-state index contributed by atoms with van der Waals surface area (Å²) in [6, 6.07) is 11.0. The minimum Gasteiger partial charge on any atom is -0.341 e. The molecule has 1 aromatic carbocycles. The van der Waals surface area contributed by atoms with Crippen LogP contribution in [0.2, 0.25) is 0 Å². The lowest BCUT2D eigenvalue weighted by atomic mass is 10.1. The maximum Gasteiger partial charge on any atom is 0.224 e. The topological polar surface area (TPSA) is 52.7 Å². The lowest BCUT2D eigenvalue weighted by molar-refractivity contribution is -0.134. The first kappa shape index (κ1) is 17.0. The molecule has 2 atom stereocenters. The molecule has 0 aliphatic carbocycles. The van der Waals surface area contributed by atoms with Crippen LogP contribution in [0.25, 0.3) is 0 Å². The summed E-state index contributed by atoms with van der Waals surface area (Å²) in [5.41, 5.74) is 1.09. The average molecular weight is 329 g/mol. The van der Waals surface area contributed by atoms with E-state index in [9.17, 15) is 9.59 Å². The monoisotopic (exact) mass is 329 g/mol. The molecule has 2 aliphatic rings. The van der Waals surface area contributed by atoms with E-state index in [1.165, 1.54) is 12.8 Å². The number of hydrogen-bond acceptors (Lipinski definition) is 3. The maximum absolute atomic E-state index is 12.6. The Morgan fingerprint density at radius 2 is 1.92 bits per heavy atom. The Bertz CT molecular complexity index is 575. The summed E-state index contributed by atoms with van der Waals surface area (Å²) in [6.07, 6.45) is 3.86. The third-order valence-corrected chi connectivity index (χ3v) is 5.13. The number of likely N-dealkylation sites (tertiary alicyclic amines) is 1. The molecule has 2 bridgehead atoms. The van der Waals surface area contributed by atoms with Crippen molar-refractivity contribution in [1.29, 1.82) is 0 Å². The molecular formula is C19H27N3O2. The molecule has 2 aliphatic heterocycles. The lowest BCUT2D eigenvalue weighted by Crippen LogP contribution is -2.40. The van der Waals surface area contributed by atoms with Crippen molar-refractivity contribution in [2.24, 2.45) is 0 Å². The zero-order valence-electron chi connectivity index (χ0n) is 14.4. The molecule has 24 heavy (non-hydrogen) atoms. The summed E-state index contributed by atoms with van der Waals surface area (Å²) in [5, 5.41) is 3.59. The van der Waals surface area contributed by atoms with Crippen molar-refractivity contribution in [3.8, 4) is 0 Å². The van der Waals surface area contributed by atoms with E-state index in [0.717, 1.165) is 25.1 Å². The number of nitrogens with zero attached hydrogens (tertiary/aromatic N) is 2.